The Morgan fingerprint density at radius 1 is 1.35 bits per heavy atom. The van der Waals surface area contributed by atoms with Crippen LogP contribution >= 0.6 is 0 Å². The van der Waals surface area contributed by atoms with Crippen molar-refractivity contribution in [3.63, 3.8) is 0 Å². The molecule has 2 nitrogen and oxygen atoms in total. The number of halogens is 4. The first-order valence-electron chi connectivity index (χ1n) is 4.39. The number of benzene rings is 1. The van der Waals surface area contributed by atoms with Crippen LogP contribution in [0.4, 0.5) is 17.3 Å². The number of carbonyl (C=O) groups is 1. The quantitative estimate of drug-likeness (QED) is 0.385. The van der Waals surface area contributed by atoms with E-state index in [-0.39, 0.29) is 56.9 Å². The smallest absolute Gasteiger partial charge is 0.469 e. The zero-order valence-electron chi connectivity index (χ0n) is 9.34. The summed E-state index contributed by atoms with van der Waals surface area (Å²) in [7, 11) is 1.07. The molecule has 0 fully saturated rings. The number of ether oxygens (including phenoxy) is 1. The van der Waals surface area contributed by atoms with Crippen molar-refractivity contribution in [2.24, 2.45) is 0 Å². The fourth-order valence-electron chi connectivity index (χ4n) is 1.26. The standard InChI is InChI=1S/C9H8BF4O2.K/c1-16-9(15)4-6-2-3-7(11)5-8(6)10(12,13)14;/h2-3,5H,4H2,1H3;/q-1;+1. The number of hydrogen-bond donors (Lipinski definition) is 0. The molecule has 0 radical (unpaired) electrons. The summed E-state index contributed by atoms with van der Waals surface area (Å²) in [5, 5.41) is 0. The van der Waals surface area contributed by atoms with E-state index < -0.39 is 30.6 Å². The molecule has 0 aliphatic heterocycles. The maximum absolute atomic E-state index is 12.7. The second-order valence-corrected chi connectivity index (χ2v) is 3.17. The van der Waals surface area contributed by atoms with Gasteiger partial charge >= 0.3 is 64.3 Å². The van der Waals surface area contributed by atoms with E-state index in [0.717, 1.165) is 19.2 Å². The second-order valence-electron chi connectivity index (χ2n) is 3.17. The first-order chi connectivity index (χ1) is 7.34. The molecule has 0 atom stereocenters. The van der Waals surface area contributed by atoms with E-state index in [9.17, 15) is 22.1 Å². The number of rotatable bonds is 3. The predicted molar refractivity (Wildman–Crippen MR) is 50.8 cm³/mol. The van der Waals surface area contributed by atoms with Crippen molar-refractivity contribution < 1.29 is 78.3 Å². The fourth-order valence-corrected chi connectivity index (χ4v) is 1.26. The maximum Gasteiger partial charge on any atom is 1.00 e. The molecule has 8 heteroatoms. The van der Waals surface area contributed by atoms with Crippen molar-refractivity contribution in [1.82, 2.24) is 0 Å². The molecule has 17 heavy (non-hydrogen) atoms. The molecule has 1 aromatic rings. The van der Waals surface area contributed by atoms with Crippen molar-refractivity contribution >= 4 is 18.4 Å². The molecule has 1 aromatic carbocycles. The van der Waals surface area contributed by atoms with Crippen LogP contribution in [0.15, 0.2) is 18.2 Å². The first kappa shape index (κ1) is 17.1. The van der Waals surface area contributed by atoms with Crippen LogP contribution in [0.3, 0.4) is 0 Å². The maximum atomic E-state index is 12.7. The molecule has 88 valence electrons. The van der Waals surface area contributed by atoms with E-state index in [1.54, 1.807) is 0 Å². The van der Waals surface area contributed by atoms with Gasteiger partial charge < -0.3 is 17.7 Å². The monoisotopic (exact) mass is 274 g/mol. The van der Waals surface area contributed by atoms with Crippen molar-refractivity contribution in [2.45, 2.75) is 6.42 Å². The van der Waals surface area contributed by atoms with Crippen LogP contribution < -0.4 is 56.8 Å². The van der Waals surface area contributed by atoms with Crippen LogP contribution in [-0.4, -0.2) is 20.1 Å². The summed E-state index contributed by atoms with van der Waals surface area (Å²) in [4.78, 5) is 10.9. The van der Waals surface area contributed by atoms with Crippen molar-refractivity contribution in [3.05, 3.63) is 29.6 Å². The molecule has 0 saturated carbocycles. The molecule has 0 aromatic heterocycles. The van der Waals surface area contributed by atoms with Gasteiger partial charge in [-0.25, -0.2) is 4.39 Å². The molecule has 0 heterocycles. The van der Waals surface area contributed by atoms with Gasteiger partial charge in [0.2, 0.25) is 0 Å². The van der Waals surface area contributed by atoms with Gasteiger partial charge in [0, 0.05) is 0 Å². The van der Waals surface area contributed by atoms with Crippen LogP contribution in [0.5, 0.6) is 0 Å². The summed E-state index contributed by atoms with van der Waals surface area (Å²) in [6.45, 7) is -5.34. The van der Waals surface area contributed by atoms with Crippen molar-refractivity contribution in [1.29, 1.82) is 0 Å². The number of hydrogen-bond acceptors (Lipinski definition) is 2. The van der Waals surface area contributed by atoms with Crippen LogP contribution in [0, 0.1) is 5.82 Å². The summed E-state index contributed by atoms with van der Waals surface area (Å²) in [5.41, 5.74) is -1.37. The molecular formula is C9H8BF4KO2. The Balaban J connectivity index is 0.00000256. The minimum absolute atomic E-state index is 0. The largest absolute Gasteiger partial charge is 1.00 e. The molecule has 0 aliphatic rings. The molecule has 0 saturated heterocycles. The van der Waals surface area contributed by atoms with Gasteiger partial charge in [-0.15, -0.1) is 5.46 Å². The van der Waals surface area contributed by atoms with Crippen LogP contribution in [0.25, 0.3) is 0 Å². The van der Waals surface area contributed by atoms with E-state index in [2.05, 4.69) is 4.74 Å². The normalized spacial score (nSPS) is 10.6. The topological polar surface area (TPSA) is 26.3 Å². The Kier molecular flexibility index (Phi) is 6.93. The Hall–Kier alpha value is 0.111. The van der Waals surface area contributed by atoms with Crippen LogP contribution in [0.1, 0.15) is 5.56 Å². The first-order valence-corrected chi connectivity index (χ1v) is 4.39. The molecule has 0 unspecified atom stereocenters. The molecule has 1 rings (SSSR count). The Labute approximate surface area is 138 Å². The molecule has 0 spiro atoms. The van der Waals surface area contributed by atoms with Gasteiger partial charge in [0.15, 0.2) is 0 Å². The van der Waals surface area contributed by atoms with Crippen LogP contribution in [0.2, 0.25) is 0 Å². The van der Waals surface area contributed by atoms with E-state index >= 15 is 0 Å². The van der Waals surface area contributed by atoms with Gasteiger partial charge in [0.25, 0.3) is 0 Å². The van der Waals surface area contributed by atoms with Gasteiger partial charge in [-0.3, -0.25) is 4.79 Å². The minimum Gasteiger partial charge on any atom is -0.469 e. The van der Waals surface area contributed by atoms with Gasteiger partial charge in [-0.1, -0.05) is 17.7 Å². The molecule has 0 aliphatic carbocycles. The Bertz CT molecular complexity index is 408. The number of esters is 1. The van der Waals surface area contributed by atoms with Gasteiger partial charge in [-0.05, 0) is 6.07 Å². The molecule has 0 bridgehead atoms. The summed E-state index contributed by atoms with van der Waals surface area (Å²) in [6, 6.07) is 2.21. The number of carbonyl (C=O) groups excluding carboxylic acids is 1. The molecular weight excluding hydrogens is 266 g/mol. The third kappa shape index (κ3) is 5.09. The van der Waals surface area contributed by atoms with Gasteiger partial charge in [0.05, 0.1) is 13.5 Å². The Morgan fingerprint density at radius 2 is 1.94 bits per heavy atom. The van der Waals surface area contributed by atoms with Crippen LogP contribution in [-0.2, 0) is 16.0 Å². The summed E-state index contributed by atoms with van der Waals surface area (Å²) >= 11 is 0. The Morgan fingerprint density at radius 3 is 2.41 bits per heavy atom. The number of methoxy groups -OCH3 is 1. The van der Waals surface area contributed by atoms with Gasteiger partial charge in [0.1, 0.15) is 5.82 Å². The minimum atomic E-state index is -5.34. The SMILES string of the molecule is COC(=O)Cc1ccc(F)cc1[B-](F)(F)F.[K+]. The molecule has 0 amide bonds. The van der Waals surface area contributed by atoms with E-state index in [0.29, 0.717) is 6.07 Å². The zero-order valence-corrected chi connectivity index (χ0v) is 12.5. The summed E-state index contributed by atoms with van der Waals surface area (Å²) < 4.78 is 54.5. The third-order valence-corrected chi connectivity index (χ3v) is 2.02. The molecule has 0 N–H and O–H groups in total. The van der Waals surface area contributed by atoms with E-state index in [4.69, 9.17) is 0 Å². The summed E-state index contributed by atoms with van der Waals surface area (Å²) in [5.74, 6) is -1.78. The van der Waals surface area contributed by atoms with Crippen molar-refractivity contribution in [3.8, 4) is 0 Å². The predicted octanol–water partition coefficient (Wildman–Crippen LogP) is -1.40. The summed E-state index contributed by atoms with van der Waals surface area (Å²) in [6.07, 6.45) is -0.520. The fraction of sp³-hybridized carbons (Fsp3) is 0.222. The van der Waals surface area contributed by atoms with E-state index in [1.807, 2.05) is 0 Å². The van der Waals surface area contributed by atoms with Gasteiger partial charge in [-0.2, -0.15) is 0 Å². The third-order valence-electron chi connectivity index (χ3n) is 2.02. The van der Waals surface area contributed by atoms with Crippen molar-refractivity contribution in [2.75, 3.05) is 7.11 Å². The average molecular weight is 274 g/mol. The second kappa shape index (κ2) is 6.89. The zero-order chi connectivity index (χ0) is 12.3. The average Bonchev–Trinajstić information content (AvgIpc) is 2.19. The van der Waals surface area contributed by atoms with E-state index in [1.165, 1.54) is 0 Å².